The quantitative estimate of drug-likeness (QED) is 0.451. The summed E-state index contributed by atoms with van der Waals surface area (Å²) >= 11 is 0. The van der Waals surface area contributed by atoms with Gasteiger partial charge in [-0.25, -0.2) is 4.39 Å². The molecular weight excluding hydrogens is 493 g/mol. The lowest BCUT2D eigenvalue weighted by molar-refractivity contribution is -0.133. The molecule has 2 heterocycles. The predicted molar refractivity (Wildman–Crippen MR) is 149 cm³/mol. The summed E-state index contributed by atoms with van der Waals surface area (Å²) in [7, 11) is 2.19. The van der Waals surface area contributed by atoms with E-state index in [4.69, 9.17) is 0 Å². The number of ketones is 1. The van der Waals surface area contributed by atoms with Gasteiger partial charge in [-0.2, -0.15) is 0 Å². The van der Waals surface area contributed by atoms with E-state index in [9.17, 15) is 19.1 Å². The fraction of sp³-hybridized carbons (Fsp3) is 0.688. The number of benzene rings is 1. The summed E-state index contributed by atoms with van der Waals surface area (Å²) in [5.74, 6) is 0.558. The van der Waals surface area contributed by atoms with E-state index in [0.29, 0.717) is 30.9 Å². The van der Waals surface area contributed by atoms with Gasteiger partial charge in [0.2, 0.25) is 5.91 Å². The van der Waals surface area contributed by atoms with Crippen molar-refractivity contribution >= 4 is 11.7 Å². The zero-order valence-electron chi connectivity index (χ0n) is 23.6. The van der Waals surface area contributed by atoms with Gasteiger partial charge in [-0.05, 0) is 106 Å². The number of piperazine rings is 1. The summed E-state index contributed by atoms with van der Waals surface area (Å²) < 4.78 is 14.6. The van der Waals surface area contributed by atoms with Crippen molar-refractivity contribution < 1.29 is 19.1 Å². The second-order valence-corrected chi connectivity index (χ2v) is 13.1. The maximum absolute atomic E-state index is 14.6. The summed E-state index contributed by atoms with van der Waals surface area (Å²) in [6, 6.07) is 6.07. The highest BCUT2D eigenvalue weighted by molar-refractivity contribution is 6.03. The first-order chi connectivity index (χ1) is 18.8. The molecule has 5 aliphatic rings. The fourth-order valence-corrected chi connectivity index (χ4v) is 9.15. The minimum Gasteiger partial charge on any atom is -0.515 e. The third-order valence-corrected chi connectivity index (χ3v) is 11.3. The second-order valence-electron chi connectivity index (χ2n) is 13.1. The largest absolute Gasteiger partial charge is 0.515 e. The molecule has 39 heavy (non-hydrogen) atoms. The van der Waals surface area contributed by atoms with Crippen LogP contribution in [0.5, 0.6) is 0 Å². The number of aliphatic hydroxyl groups is 1. The van der Waals surface area contributed by atoms with Crippen LogP contribution in [-0.4, -0.2) is 83.9 Å². The number of allylic oxidation sites excluding steroid dienone is 1. The fourth-order valence-electron chi connectivity index (χ4n) is 9.15. The predicted octanol–water partition coefficient (Wildman–Crippen LogP) is 4.55. The molecule has 3 unspecified atom stereocenters. The first-order valence-electron chi connectivity index (χ1n) is 15.2. The molecular formula is C32H44FN3O3. The van der Waals surface area contributed by atoms with Gasteiger partial charge >= 0.3 is 0 Å². The average molecular weight is 538 g/mol. The van der Waals surface area contributed by atoms with Crippen molar-refractivity contribution in [3.8, 4) is 0 Å². The number of hydrogen-bond donors (Lipinski definition) is 1. The molecule has 0 bridgehead atoms. The summed E-state index contributed by atoms with van der Waals surface area (Å²) in [6.45, 7) is 7.77. The molecule has 0 radical (unpaired) electrons. The van der Waals surface area contributed by atoms with E-state index >= 15 is 0 Å². The zero-order valence-corrected chi connectivity index (χ0v) is 23.6. The van der Waals surface area contributed by atoms with Crippen LogP contribution in [0.4, 0.5) is 4.39 Å². The second kappa shape index (κ2) is 10.6. The summed E-state index contributed by atoms with van der Waals surface area (Å²) in [4.78, 5) is 34.0. The van der Waals surface area contributed by atoms with Gasteiger partial charge in [-0.1, -0.05) is 19.1 Å². The Labute approximate surface area is 232 Å². The molecule has 0 spiro atoms. The molecule has 1 N–H and O–H groups in total. The zero-order chi connectivity index (χ0) is 27.3. The van der Waals surface area contributed by atoms with Crippen molar-refractivity contribution in [3.63, 3.8) is 0 Å². The minimum atomic E-state index is -0.520. The number of halogens is 1. The highest BCUT2D eigenvalue weighted by Gasteiger charge is 2.61. The number of fused-ring (bicyclic) bond motifs is 5. The van der Waals surface area contributed by atoms with Gasteiger partial charge in [0.25, 0.3) is 0 Å². The number of amides is 1. The van der Waals surface area contributed by atoms with Gasteiger partial charge < -0.3 is 14.9 Å². The normalized spacial score (nSPS) is 35.1. The van der Waals surface area contributed by atoms with E-state index in [1.54, 1.807) is 6.07 Å². The molecule has 4 fully saturated rings. The number of nitrogens with zero attached hydrogens (tertiary/aromatic N) is 3. The minimum absolute atomic E-state index is 0.0580. The Morgan fingerprint density at radius 2 is 1.85 bits per heavy atom. The topological polar surface area (TPSA) is 64.1 Å². The molecule has 1 aromatic carbocycles. The van der Waals surface area contributed by atoms with E-state index in [2.05, 4.69) is 29.8 Å². The molecule has 1 amide bonds. The molecule has 3 aliphatic carbocycles. The SMILES string of the molecule is CN1CCC(N2CCN(C(=O)CC[C@@H]3/C(=C/O)C(=O)[C@@]4(C)CCC5c6cccc(F)c6CCC5C34)CC2)CC1. The van der Waals surface area contributed by atoms with Crippen LogP contribution in [0.25, 0.3) is 0 Å². The van der Waals surface area contributed by atoms with Crippen LogP contribution in [0.1, 0.15) is 68.9 Å². The maximum atomic E-state index is 14.6. The Morgan fingerprint density at radius 1 is 1.10 bits per heavy atom. The molecule has 6 nitrogen and oxygen atoms in total. The Kier molecular flexibility index (Phi) is 7.34. The van der Waals surface area contributed by atoms with Crippen LogP contribution in [0.3, 0.4) is 0 Å². The van der Waals surface area contributed by atoms with Crippen molar-refractivity contribution in [1.29, 1.82) is 0 Å². The number of rotatable bonds is 4. The monoisotopic (exact) mass is 537 g/mol. The van der Waals surface area contributed by atoms with Crippen molar-refractivity contribution in [3.05, 3.63) is 47.0 Å². The summed E-state index contributed by atoms with van der Waals surface area (Å²) in [5.41, 5.74) is 1.94. The number of aliphatic hydroxyl groups excluding tert-OH is 1. The Balaban J connectivity index is 1.14. The van der Waals surface area contributed by atoms with E-state index in [0.717, 1.165) is 75.9 Å². The van der Waals surface area contributed by atoms with Gasteiger partial charge in [0.05, 0.1) is 6.26 Å². The number of piperidine rings is 1. The van der Waals surface area contributed by atoms with E-state index < -0.39 is 5.41 Å². The van der Waals surface area contributed by atoms with E-state index in [1.165, 1.54) is 12.8 Å². The van der Waals surface area contributed by atoms with Crippen LogP contribution in [0, 0.1) is 29.0 Å². The van der Waals surface area contributed by atoms with Crippen molar-refractivity contribution in [1.82, 2.24) is 14.7 Å². The van der Waals surface area contributed by atoms with E-state index in [-0.39, 0.29) is 41.2 Å². The van der Waals surface area contributed by atoms with Crippen LogP contribution in [-0.2, 0) is 16.0 Å². The molecule has 212 valence electrons. The van der Waals surface area contributed by atoms with Crippen LogP contribution < -0.4 is 0 Å². The maximum Gasteiger partial charge on any atom is 0.222 e. The number of carbonyl (C=O) groups excluding carboxylic acids is 2. The van der Waals surface area contributed by atoms with Gasteiger partial charge in [0, 0.05) is 49.6 Å². The van der Waals surface area contributed by atoms with Crippen molar-refractivity contribution in [2.24, 2.45) is 23.2 Å². The molecule has 0 aromatic heterocycles. The average Bonchev–Trinajstić information content (AvgIpc) is 3.18. The highest BCUT2D eigenvalue weighted by Crippen LogP contribution is 2.63. The third kappa shape index (κ3) is 4.63. The van der Waals surface area contributed by atoms with Crippen molar-refractivity contribution in [2.75, 3.05) is 46.3 Å². The first kappa shape index (κ1) is 26.9. The summed E-state index contributed by atoms with van der Waals surface area (Å²) in [6.07, 6.45) is 7.59. The van der Waals surface area contributed by atoms with Crippen LogP contribution >= 0.6 is 0 Å². The van der Waals surface area contributed by atoms with Crippen LogP contribution in [0.2, 0.25) is 0 Å². The molecule has 2 aliphatic heterocycles. The number of likely N-dealkylation sites (tertiary alicyclic amines) is 1. The smallest absolute Gasteiger partial charge is 0.222 e. The standard InChI is InChI=1S/C32H44FN3O3/c1-32-13-10-23-22-4-3-5-28(33)24(22)6-7-25(23)30(32)26(27(20-37)31(32)39)8-9-29(38)36-18-16-35(17-19-36)21-11-14-34(2)15-12-21/h3-5,20-21,23,25-26,30,37H,6-19H2,1-2H3/b27-20-/t23?,25?,26-,30?,32+/m1/s1. The Hall–Kier alpha value is -2.25. The lowest BCUT2D eigenvalue weighted by Crippen LogP contribution is -2.54. The number of hydrogen-bond acceptors (Lipinski definition) is 5. The summed E-state index contributed by atoms with van der Waals surface area (Å²) in [5, 5.41) is 10.2. The molecule has 2 saturated heterocycles. The van der Waals surface area contributed by atoms with Gasteiger partial charge in [0.15, 0.2) is 5.78 Å². The molecule has 6 rings (SSSR count). The lowest BCUT2D eigenvalue weighted by Gasteiger charge is -2.49. The van der Waals surface area contributed by atoms with Crippen LogP contribution in [0.15, 0.2) is 30.0 Å². The first-order valence-corrected chi connectivity index (χ1v) is 15.2. The lowest BCUT2D eigenvalue weighted by atomic mass is 9.54. The van der Waals surface area contributed by atoms with Gasteiger partial charge in [-0.15, -0.1) is 0 Å². The van der Waals surface area contributed by atoms with Gasteiger partial charge in [-0.3, -0.25) is 14.5 Å². The molecule has 2 saturated carbocycles. The number of carbonyl (C=O) groups is 2. The highest BCUT2D eigenvalue weighted by atomic mass is 19.1. The third-order valence-electron chi connectivity index (χ3n) is 11.3. The van der Waals surface area contributed by atoms with Gasteiger partial charge in [0.1, 0.15) is 5.82 Å². The number of Topliss-reactive ketones (excluding diaryl/α,β-unsaturated/α-hetero) is 1. The Morgan fingerprint density at radius 3 is 2.56 bits per heavy atom. The molecule has 1 aromatic rings. The molecule has 5 atom stereocenters. The van der Waals surface area contributed by atoms with Crippen molar-refractivity contribution in [2.45, 2.75) is 70.3 Å². The molecule has 7 heteroatoms. The Bertz CT molecular complexity index is 1140. The van der Waals surface area contributed by atoms with E-state index in [1.807, 2.05) is 11.0 Å².